The van der Waals surface area contributed by atoms with Crippen molar-refractivity contribution in [1.29, 1.82) is 0 Å². The Bertz CT molecular complexity index is 999. The van der Waals surface area contributed by atoms with Gasteiger partial charge in [0, 0.05) is 0 Å². The molecule has 5 heteroatoms. The second-order valence-corrected chi connectivity index (χ2v) is 7.73. The zero-order chi connectivity index (χ0) is 18.6. The van der Waals surface area contributed by atoms with Gasteiger partial charge in [0.1, 0.15) is 10.6 Å². The average Bonchev–Trinajstić information content (AvgIpc) is 2.64. The van der Waals surface area contributed by atoms with Crippen molar-refractivity contribution in [3.05, 3.63) is 89.5 Å². The molecule has 1 N–H and O–H groups in total. The van der Waals surface area contributed by atoms with E-state index in [2.05, 4.69) is 4.72 Å². The van der Waals surface area contributed by atoms with Crippen molar-refractivity contribution in [1.82, 2.24) is 0 Å². The minimum absolute atomic E-state index is 0.134. The summed E-state index contributed by atoms with van der Waals surface area (Å²) in [7, 11) is -2.30. The molecule has 0 unspecified atom stereocenters. The number of sulfonamides is 1. The molecule has 0 aliphatic carbocycles. The van der Waals surface area contributed by atoms with E-state index in [1.807, 2.05) is 61.5 Å². The van der Waals surface area contributed by atoms with E-state index < -0.39 is 10.0 Å². The topological polar surface area (TPSA) is 55.4 Å². The lowest BCUT2D eigenvalue weighted by atomic mass is 10.0. The van der Waals surface area contributed by atoms with E-state index >= 15 is 0 Å². The molecule has 3 aromatic carbocycles. The van der Waals surface area contributed by atoms with Crippen molar-refractivity contribution < 1.29 is 13.2 Å². The van der Waals surface area contributed by atoms with Crippen LogP contribution in [0.1, 0.15) is 16.7 Å². The molecule has 4 nitrogen and oxygen atoms in total. The smallest absolute Gasteiger partial charge is 0.265 e. The molecular weight excluding hydrogens is 346 g/mol. The first-order valence-corrected chi connectivity index (χ1v) is 9.77. The van der Waals surface area contributed by atoms with Crippen LogP contribution in [-0.4, -0.2) is 15.5 Å². The van der Waals surface area contributed by atoms with Gasteiger partial charge in [0.25, 0.3) is 10.0 Å². The first-order chi connectivity index (χ1) is 12.5. The molecule has 0 aliphatic heterocycles. The van der Waals surface area contributed by atoms with E-state index in [1.165, 1.54) is 7.11 Å². The number of ether oxygens (including phenoxy) is 1. The molecule has 0 aromatic heterocycles. The molecule has 0 saturated heterocycles. The summed E-state index contributed by atoms with van der Waals surface area (Å²) in [4.78, 5) is 0.134. The van der Waals surface area contributed by atoms with Crippen LogP contribution < -0.4 is 9.46 Å². The molecule has 0 amide bonds. The fourth-order valence-electron chi connectivity index (χ4n) is 2.78. The highest BCUT2D eigenvalue weighted by atomic mass is 32.2. The quantitative estimate of drug-likeness (QED) is 0.703. The molecule has 0 saturated carbocycles. The van der Waals surface area contributed by atoms with Gasteiger partial charge in [-0.15, -0.1) is 0 Å². The van der Waals surface area contributed by atoms with Crippen LogP contribution in [0.15, 0.2) is 77.7 Å². The molecule has 0 fully saturated rings. The first-order valence-electron chi connectivity index (χ1n) is 8.29. The van der Waals surface area contributed by atoms with Crippen molar-refractivity contribution in [2.24, 2.45) is 0 Å². The van der Waals surface area contributed by atoms with Crippen LogP contribution >= 0.6 is 0 Å². The van der Waals surface area contributed by atoms with Gasteiger partial charge in [-0.1, -0.05) is 54.6 Å². The normalized spacial score (nSPS) is 11.2. The standard InChI is InChI=1S/C21H21NO3S/c1-16-12-13-20(25-2)21(14-16)26(23,24)22-19-11-7-6-10-18(19)15-17-8-4-3-5-9-17/h3-14,22H,15H2,1-2H3. The van der Waals surface area contributed by atoms with Crippen LogP contribution in [-0.2, 0) is 16.4 Å². The minimum atomic E-state index is -3.77. The summed E-state index contributed by atoms with van der Waals surface area (Å²) in [6.45, 7) is 1.85. The van der Waals surface area contributed by atoms with E-state index in [0.29, 0.717) is 17.9 Å². The predicted molar refractivity (Wildman–Crippen MR) is 104 cm³/mol. The number of anilines is 1. The Morgan fingerprint density at radius 3 is 2.35 bits per heavy atom. The fraction of sp³-hybridized carbons (Fsp3) is 0.143. The van der Waals surface area contributed by atoms with Crippen LogP contribution in [0, 0.1) is 6.92 Å². The molecule has 26 heavy (non-hydrogen) atoms. The first kappa shape index (κ1) is 18.0. The molecule has 134 valence electrons. The summed E-state index contributed by atoms with van der Waals surface area (Å²) in [6.07, 6.45) is 0.643. The molecule has 3 rings (SSSR count). The Kier molecular flexibility index (Phi) is 5.28. The number of methoxy groups -OCH3 is 1. The van der Waals surface area contributed by atoms with E-state index in [4.69, 9.17) is 4.74 Å². The summed E-state index contributed by atoms with van der Waals surface area (Å²) in [5.74, 6) is 0.323. The third kappa shape index (κ3) is 4.06. The second-order valence-electron chi connectivity index (χ2n) is 6.08. The van der Waals surface area contributed by atoms with Crippen LogP contribution in [0.4, 0.5) is 5.69 Å². The number of benzene rings is 3. The Labute approximate surface area is 154 Å². The Morgan fingerprint density at radius 2 is 1.62 bits per heavy atom. The maximum atomic E-state index is 12.9. The molecule has 0 atom stereocenters. The fourth-order valence-corrected chi connectivity index (χ4v) is 4.14. The van der Waals surface area contributed by atoms with Crippen LogP contribution in [0.5, 0.6) is 5.75 Å². The Balaban J connectivity index is 1.95. The van der Waals surface area contributed by atoms with Gasteiger partial charge >= 0.3 is 0 Å². The summed E-state index contributed by atoms with van der Waals surface area (Å²) < 4.78 is 33.8. The monoisotopic (exact) mass is 367 g/mol. The third-order valence-electron chi connectivity index (χ3n) is 4.11. The Hall–Kier alpha value is -2.79. The van der Waals surface area contributed by atoms with Gasteiger partial charge < -0.3 is 4.74 Å². The molecule has 0 bridgehead atoms. The summed E-state index contributed by atoms with van der Waals surface area (Å²) >= 11 is 0. The lowest BCUT2D eigenvalue weighted by Gasteiger charge is -2.15. The van der Waals surface area contributed by atoms with Gasteiger partial charge in [0.2, 0.25) is 0 Å². The van der Waals surface area contributed by atoms with Crippen molar-refractivity contribution in [2.75, 3.05) is 11.8 Å². The van der Waals surface area contributed by atoms with Crippen molar-refractivity contribution in [3.8, 4) is 5.75 Å². The van der Waals surface area contributed by atoms with Gasteiger partial charge in [-0.05, 0) is 48.2 Å². The summed E-state index contributed by atoms with van der Waals surface area (Å²) in [5, 5.41) is 0. The number of para-hydroxylation sites is 1. The third-order valence-corrected chi connectivity index (χ3v) is 5.49. The highest BCUT2D eigenvalue weighted by molar-refractivity contribution is 7.92. The van der Waals surface area contributed by atoms with Gasteiger partial charge in [0.05, 0.1) is 12.8 Å². The SMILES string of the molecule is COc1ccc(C)cc1S(=O)(=O)Nc1ccccc1Cc1ccccc1. The van der Waals surface area contributed by atoms with Crippen molar-refractivity contribution in [3.63, 3.8) is 0 Å². The minimum Gasteiger partial charge on any atom is -0.495 e. The average molecular weight is 367 g/mol. The largest absolute Gasteiger partial charge is 0.495 e. The number of hydrogen-bond acceptors (Lipinski definition) is 3. The van der Waals surface area contributed by atoms with Crippen molar-refractivity contribution >= 4 is 15.7 Å². The van der Waals surface area contributed by atoms with Gasteiger partial charge in [-0.25, -0.2) is 8.42 Å². The van der Waals surface area contributed by atoms with Crippen LogP contribution in [0.3, 0.4) is 0 Å². The number of aryl methyl sites for hydroxylation is 1. The van der Waals surface area contributed by atoms with Gasteiger partial charge in [0.15, 0.2) is 0 Å². The van der Waals surface area contributed by atoms with E-state index in [1.54, 1.807) is 18.2 Å². The molecule has 0 spiro atoms. The zero-order valence-corrected chi connectivity index (χ0v) is 15.6. The molecule has 0 radical (unpaired) electrons. The van der Waals surface area contributed by atoms with Crippen LogP contribution in [0.2, 0.25) is 0 Å². The number of rotatable bonds is 6. The van der Waals surface area contributed by atoms with Crippen molar-refractivity contribution in [2.45, 2.75) is 18.2 Å². The number of hydrogen-bond donors (Lipinski definition) is 1. The predicted octanol–water partition coefficient (Wildman–Crippen LogP) is 4.40. The maximum Gasteiger partial charge on any atom is 0.265 e. The number of nitrogens with one attached hydrogen (secondary N) is 1. The second kappa shape index (κ2) is 7.62. The maximum absolute atomic E-state index is 12.9. The highest BCUT2D eigenvalue weighted by Gasteiger charge is 2.21. The summed E-state index contributed by atoms with van der Waals surface area (Å²) in [5.41, 5.74) is 3.45. The highest BCUT2D eigenvalue weighted by Crippen LogP contribution is 2.28. The van der Waals surface area contributed by atoms with Crippen LogP contribution in [0.25, 0.3) is 0 Å². The molecule has 0 heterocycles. The summed E-state index contributed by atoms with van der Waals surface area (Å²) in [6, 6.07) is 22.5. The van der Waals surface area contributed by atoms with E-state index in [-0.39, 0.29) is 4.90 Å². The lowest BCUT2D eigenvalue weighted by Crippen LogP contribution is -2.15. The molecule has 0 aliphatic rings. The zero-order valence-electron chi connectivity index (χ0n) is 14.8. The van der Waals surface area contributed by atoms with E-state index in [9.17, 15) is 8.42 Å². The molecular formula is C21H21NO3S. The van der Waals surface area contributed by atoms with E-state index in [0.717, 1.165) is 16.7 Å². The molecule has 3 aromatic rings. The lowest BCUT2D eigenvalue weighted by molar-refractivity contribution is 0.402. The Morgan fingerprint density at radius 1 is 0.923 bits per heavy atom. The van der Waals surface area contributed by atoms with Gasteiger partial charge in [-0.2, -0.15) is 0 Å². The van der Waals surface area contributed by atoms with Gasteiger partial charge in [-0.3, -0.25) is 4.72 Å².